The normalized spacial score (nSPS) is 42.5. The number of ether oxygens (including phenoxy) is 3. The summed E-state index contributed by atoms with van der Waals surface area (Å²) >= 11 is 0. The van der Waals surface area contributed by atoms with Crippen LogP contribution in [0.5, 0.6) is 5.75 Å². The van der Waals surface area contributed by atoms with E-state index in [0.29, 0.717) is 6.04 Å². The standard InChI is InChI=1S/C41H46N4O5/c1-6-22-20-43-14-12-39-27-19-32-28(18-30(27)42(3)36(39)31(43)16-24(22)34(39)37(46)48-4)40-13-15-44-21-23(7-2)25-17-33(44)41(40,50-32)45(35(25)38(47)49-5)29-11-9-8-10-26(29)40/h6-11,18-19,24-25,31,33-36H,12-17,20-21H2,1-5H3/b22-6-,23-7-/t24-,25+,31-,33-,34-,35-,36-,39-,40+,41-/m0/s1. The van der Waals surface area contributed by atoms with Crippen LogP contribution in [0.1, 0.15) is 56.2 Å². The van der Waals surface area contributed by atoms with E-state index in [4.69, 9.17) is 14.2 Å². The Kier molecular flexibility index (Phi) is 5.69. The van der Waals surface area contributed by atoms with Crippen LogP contribution in [0.4, 0.5) is 11.4 Å². The van der Waals surface area contributed by atoms with Crippen molar-refractivity contribution in [3.63, 3.8) is 0 Å². The van der Waals surface area contributed by atoms with Crippen LogP contribution in [-0.2, 0) is 29.9 Å². The second-order valence-electron chi connectivity index (χ2n) is 16.5. The fraction of sp³-hybridized carbons (Fsp3) is 0.561. The Hall–Kier alpha value is -3.82. The molecule has 8 heterocycles. The maximum atomic E-state index is 14.1. The molecule has 2 aromatic carbocycles. The highest BCUT2D eigenvalue weighted by Crippen LogP contribution is 2.72. The van der Waals surface area contributed by atoms with E-state index in [-0.39, 0.29) is 47.2 Å². The average molecular weight is 675 g/mol. The number of carbonyl (C=O) groups is 2. The number of nitrogens with zero attached hydrogens (tertiary/aromatic N) is 4. The molecule has 9 heteroatoms. The van der Waals surface area contributed by atoms with Crippen molar-refractivity contribution in [2.24, 2.45) is 17.8 Å². The second kappa shape index (κ2) is 9.53. The van der Waals surface area contributed by atoms with Gasteiger partial charge in [0.15, 0.2) is 0 Å². The van der Waals surface area contributed by atoms with Crippen molar-refractivity contribution in [3.05, 3.63) is 76.4 Å². The Morgan fingerprint density at radius 1 is 0.860 bits per heavy atom. The summed E-state index contributed by atoms with van der Waals surface area (Å²) in [7, 11) is 5.35. The average Bonchev–Trinajstić information content (AvgIpc) is 3.68. The summed E-state index contributed by atoms with van der Waals surface area (Å²) in [4.78, 5) is 38.4. The van der Waals surface area contributed by atoms with Gasteiger partial charge in [0.1, 0.15) is 11.8 Å². The van der Waals surface area contributed by atoms with Crippen LogP contribution in [0.3, 0.4) is 0 Å². The number of allylic oxidation sites excluding steroid dienone is 2. The van der Waals surface area contributed by atoms with Gasteiger partial charge in [-0.15, -0.1) is 0 Å². The third kappa shape index (κ3) is 2.95. The minimum absolute atomic E-state index is 0.0536. The van der Waals surface area contributed by atoms with Crippen molar-refractivity contribution in [1.29, 1.82) is 0 Å². The highest BCUT2D eigenvalue weighted by Gasteiger charge is 2.80. The SMILES string of the molecule is C/C=C1/CN2CC[C@@]34c5cc6c(cc5O[C@@]35[C@@H]2C[C@H]1[C@@H](C(=O)OC)N5c1ccccc14)[C@]12CCN3C/C(=C/C)[C@H](C[C@H]3[C@@H]1N6C)[C@H]2C(=O)OC. The first-order chi connectivity index (χ1) is 24.3. The van der Waals surface area contributed by atoms with Crippen molar-refractivity contribution < 1.29 is 23.8 Å². The van der Waals surface area contributed by atoms with Crippen LogP contribution in [0.25, 0.3) is 0 Å². The van der Waals surface area contributed by atoms with Gasteiger partial charge in [-0.05, 0) is 81.3 Å². The molecule has 1 aliphatic carbocycles. The molecule has 0 radical (unpaired) electrons. The van der Waals surface area contributed by atoms with Gasteiger partial charge in [0.2, 0.25) is 5.72 Å². The van der Waals surface area contributed by atoms with Crippen molar-refractivity contribution in [2.75, 3.05) is 57.2 Å². The number of hydrogen-bond donors (Lipinski definition) is 0. The van der Waals surface area contributed by atoms with Crippen LogP contribution < -0.4 is 14.5 Å². The number of anilines is 2. The first-order valence-corrected chi connectivity index (χ1v) is 18.7. The van der Waals surface area contributed by atoms with Crippen LogP contribution in [0.15, 0.2) is 59.7 Å². The van der Waals surface area contributed by atoms with Crippen molar-refractivity contribution in [2.45, 2.75) is 80.3 Å². The Morgan fingerprint density at radius 3 is 2.38 bits per heavy atom. The largest absolute Gasteiger partial charge is 0.469 e. The molecule has 6 fully saturated rings. The Bertz CT molecular complexity index is 1970. The molecular weight excluding hydrogens is 628 g/mol. The molecule has 0 N–H and O–H groups in total. The zero-order chi connectivity index (χ0) is 34.1. The summed E-state index contributed by atoms with van der Waals surface area (Å²) in [6.07, 6.45) is 8.12. The van der Waals surface area contributed by atoms with Gasteiger partial charge in [0.05, 0.1) is 37.6 Å². The number of fused-ring (bicyclic) bond motifs is 6. The van der Waals surface area contributed by atoms with E-state index in [1.807, 2.05) is 0 Å². The monoisotopic (exact) mass is 674 g/mol. The predicted molar refractivity (Wildman–Crippen MR) is 188 cm³/mol. The lowest BCUT2D eigenvalue weighted by Crippen LogP contribution is -2.81. The number of rotatable bonds is 2. The van der Waals surface area contributed by atoms with Gasteiger partial charge in [-0.1, -0.05) is 41.5 Å². The molecule has 0 amide bonds. The maximum Gasteiger partial charge on any atom is 0.329 e. The lowest BCUT2D eigenvalue weighted by molar-refractivity contribution is -0.158. The summed E-state index contributed by atoms with van der Waals surface area (Å²) in [6.45, 7) is 7.94. The highest BCUT2D eigenvalue weighted by atomic mass is 16.5. The molecule has 9 nitrogen and oxygen atoms in total. The second-order valence-corrected chi connectivity index (χ2v) is 16.5. The lowest BCUT2D eigenvalue weighted by atomic mass is 9.50. The van der Waals surface area contributed by atoms with E-state index >= 15 is 0 Å². The minimum Gasteiger partial charge on any atom is -0.469 e. The molecule has 11 rings (SSSR count). The third-order valence-electron chi connectivity index (χ3n) is 15.5. The van der Waals surface area contributed by atoms with E-state index in [2.05, 4.69) is 89.0 Å². The number of para-hydroxylation sites is 1. The van der Waals surface area contributed by atoms with Crippen LogP contribution in [0, 0.1) is 17.8 Å². The predicted octanol–water partition coefficient (Wildman–Crippen LogP) is 4.38. The molecule has 9 aliphatic rings. The molecule has 2 aromatic rings. The minimum atomic E-state index is -0.789. The fourth-order valence-electron chi connectivity index (χ4n) is 13.9. The molecule has 8 aliphatic heterocycles. The fourth-order valence-corrected chi connectivity index (χ4v) is 13.9. The third-order valence-corrected chi connectivity index (χ3v) is 15.5. The molecular formula is C41H46N4O5. The smallest absolute Gasteiger partial charge is 0.329 e. The van der Waals surface area contributed by atoms with Crippen molar-refractivity contribution >= 4 is 23.3 Å². The molecule has 0 unspecified atom stereocenters. The number of carbonyl (C=O) groups excluding carboxylic acids is 2. The molecule has 260 valence electrons. The van der Waals surface area contributed by atoms with Gasteiger partial charge in [0.25, 0.3) is 0 Å². The highest BCUT2D eigenvalue weighted by molar-refractivity contribution is 5.89. The lowest BCUT2D eigenvalue weighted by Gasteiger charge is -2.64. The van der Waals surface area contributed by atoms with Crippen molar-refractivity contribution in [3.8, 4) is 5.75 Å². The number of methoxy groups -OCH3 is 2. The van der Waals surface area contributed by atoms with Crippen LogP contribution >= 0.6 is 0 Å². The molecule has 1 saturated carbocycles. The van der Waals surface area contributed by atoms with E-state index in [1.165, 1.54) is 40.6 Å². The van der Waals surface area contributed by atoms with Gasteiger partial charge in [-0.2, -0.15) is 0 Å². The zero-order valence-electron chi connectivity index (χ0n) is 29.6. The first kappa shape index (κ1) is 29.9. The molecule has 5 saturated heterocycles. The van der Waals surface area contributed by atoms with E-state index in [0.717, 1.165) is 63.3 Å². The molecule has 5 bridgehead atoms. The van der Waals surface area contributed by atoms with Crippen LogP contribution in [0.2, 0.25) is 0 Å². The molecule has 1 spiro atoms. The number of likely N-dealkylation sites (N-methyl/N-ethyl adjacent to an activating group) is 1. The maximum absolute atomic E-state index is 14.1. The van der Waals surface area contributed by atoms with Crippen molar-refractivity contribution in [1.82, 2.24) is 9.80 Å². The number of benzene rings is 2. The van der Waals surface area contributed by atoms with E-state index in [1.54, 1.807) is 7.11 Å². The Morgan fingerprint density at radius 2 is 1.60 bits per heavy atom. The summed E-state index contributed by atoms with van der Waals surface area (Å²) in [6, 6.07) is 13.7. The Balaban J connectivity index is 1.16. The van der Waals surface area contributed by atoms with Gasteiger partial charge in [0, 0.05) is 61.0 Å². The summed E-state index contributed by atoms with van der Waals surface area (Å²) in [5, 5.41) is 0. The van der Waals surface area contributed by atoms with Gasteiger partial charge in [-0.3, -0.25) is 14.6 Å². The van der Waals surface area contributed by atoms with Gasteiger partial charge in [-0.25, -0.2) is 4.79 Å². The quantitative estimate of drug-likeness (QED) is 0.341. The molecule has 0 aromatic heterocycles. The van der Waals surface area contributed by atoms with E-state index in [9.17, 15) is 9.59 Å². The number of hydrogen-bond acceptors (Lipinski definition) is 9. The molecule has 50 heavy (non-hydrogen) atoms. The Labute approximate surface area is 293 Å². The molecule has 10 atom stereocenters. The number of piperidine rings is 5. The summed E-state index contributed by atoms with van der Waals surface area (Å²) in [5.41, 5.74) is 7.11. The topological polar surface area (TPSA) is 74.8 Å². The zero-order valence-corrected chi connectivity index (χ0v) is 29.6. The van der Waals surface area contributed by atoms with Gasteiger partial charge >= 0.3 is 11.9 Å². The number of esters is 2. The first-order valence-electron chi connectivity index (χ1n) is 18.7. The van der Waals surface area contributed by atoms with E-state index < -0.39 is 17.2 Å². The van der Waals surface area contributed by atoms with Crippen LogP contribution in [-0.4, -0.2) is 99.1 Å². The summed E-state index contributed by atoms with van der Waals surface area (Å²) < 4.78 is 19.0. The van der Waals surface area contributed by atoms with Gasteiger partial charge < -0.3 is 24.0 Å². The summed E-state index contributed by atoms with van der Waals surface area (Å²) in [5.74, 6) is 0.602.